The van der Waals surface area contributed by atoms with Gasteiger partial charge in [0, 0.05) is 26.3 Å². The third-order valence-corrected chi connectivity index (χ3v) is 10.8. The molecule has 4 aromatic rings. The molecule has 4 aromatic carbocycles. The van der Waals surface area contributed by atoms with Crippen LogP contribution in [0.5, 0.6) is 5.75 Å². The minimum atomic E-state index is -4.19. The van der Waals surface area contributed by atoms with E-state index in [9.17, 15) is 32.4 Å². The summed E-state index contributed by atoms with van der Waals surface area (Å²) in [6.07, 6.45) is 0.550. The van der Waals surface area contributed by atoms with Gasteiger partial charge in [0.15, 0.2) is 0 Å². The molecule has 1 saturated heterocycles. The summed E-state index contributed by atoms with van der Waals surface area (Å²) in [5, 5.41) is 17.4. The molecule has 0 spiro atoms. The van der Waals surface area contributed by atoms with Crippen LogP contribution in [0, 0.1) is 0 Å². The number of aliphatic carboxylic acids is 1. The fraction of sp³-hybridized carbons (Fsp3) is 0.275. The predicted octanol–water partition coefficient (Wildman–Crippen LogP) is 2.55. The van der Waals surface area contributed by atoms with Crippen molar-refractivity contribution in [2.45, 2.75) is 51.2 Å². The van der Waals surface area contributed by atoms with Gasteiger partial charge >= 0.3 is 16.2 Å². The Morgan fingerprint density at radius 2 is 1.31 bits per heavy atom. The van der Waals surface area contributed by atoms with Gasteiger partial charge in [-0.3, -0.25) is 24.0 Å². The number of nitrogens with one attached hydrogen (secondary N) is 3. The second kappa shape index (κ2) is 18.2. The fourth-order valence-electron chi connectivity index (χ4n) is 6.09. The van der Waals surface area contributed by atoms with Crippen molar-refractivity contribution in [1.29, 1.82) is 0 Å². The molecule has 0 unspecified atom stereocenters. The lowest BCUT2D eigenvalue weighted by molar-refractivity contribution is -0.136. The summed E-state index contributed by atoms with van der Waals surface area (Å²) < 4.78 is 34.0. The second-order valence-electron chi connectivity index (χ2n) is 13.1. The molecule has 5 rings (SSSR count). The monoisotopic (exact) mass is 769 g/mol. The van der Waals surface area contributed by atoms with Crippen LogP contribution in [-0.4, -0.2) is 79.7 Å². The lowest BCUT2D eigenvalue weighted by Crippen LogP contribution is -2.55. The summed E-state index contributed by atoms with van der Waals surface area (Å²) in [4.78, 5) is 63.3. The first-order chi connectivity index (χ1) is 26.3. The minimum Gasteiger partial charge on any atom is -0.497 e. The van der Waals surface area contributed by atoms with Crippen molar-refractivity contribution in [3.05, 3.63) is 131 Å². The van der Waals surface area contributed by atoms with Crippen LogP contribution in [-0.2, 0) is 66.4 Å². The van der Waals surface area contributed by atoms with Gasteiger partial charge in [0.25, 0.3) is 5.91 Å². The van der Waals surface area contributed by atoms with Crippen molar-refractivity contribution in [1.82, 2.24) is 20.3 Å². The number of amides is 4. The topological polar surface area (TPSA) is 192 Å². The van der Waals surface area contributed by atoms with Gasteiger partial charge in [0.1, 0.15) is 24.4 Å². The zero-order chi connectivity index (χ0) is 39.5. The minimum absolute atomic E-state index is 0.0230. The third kappa shape index (κ3) is 10.9. The summed E-state index contributed by atoms with van der Waals surface area (Å²) in [5.41, 5.74) is 3.78. The van der Waals surface area contributed by atoms with Crippen molar-refractivity contribution in [2.75, 3.05) is 24.5 Å². The maximum Gasteiger partial charge on any atom is 0.329 e. The Balaban J connectivity index is 1.30. The number of anilines is 1. The highest BCUT2D eigenvalue weighted by Gasteiger charge is 2.42. The van der Waals surface area contributed by atoms with Crippen LogP contribution in [0.2, 0.25) is 0 Å². The van der Waals surface area contributed by atoms with E-state index in [1.807, 2.05) is 30.3 Å². The van der Waals surface area contributed by atoms with Crippen LogP contribution in [0.3, 0.4) is 0 Å². The molecular weight excluding hydrogens is 727 g/mol. The lowest BCUT2D eigenvalue weighted by Gasteiger charge is -2.24. The van der Waals surface area contributed by atoms with Crippen molar-refractivity contribution < 1.29 is 42.2 Å². The summed E-state index contributed by atoms with van der Waals surface area (Å²) in [6, 6.07) is 27.2. The molecule has 288 valence electrons. The summed E-state index contributed by atoms with van der Waals surface area (Å²) in [5.74, 6) is -2.39. The number of carbonyl (C=O) groups is 5. The highest BCUT2D eigenvalue weighted by Crippen LogP contribution is 2.28. The van der Waals surface area contributed by atoms with Crippen molar-refractivity contribution in [2.24, 2.45) is 0 Å². The number of hydrogen-bond acceptors (Lipinski definition) is 8. The fourth-order valence-corrected chi connectivity index (χ4v) is 7.62. The molecule has 0 bridgehead atoms. The SMILES string of the molecule is COc1ccc(CN2C(=O)CN(c3ccc(C[C@H](NC(=O)[C@H](Cc4ccccc4)NC(C)=O)C(=O)NCCc4ccc(CC(=O)O)cc4)cc3)S2(=O)=O)cc1. The number of ether oxygens (including phenoxy) is 1. The van der Waals surface area contributed by atoms with E-state index in [4.69, 9.17) is 9.84 Å². The van der Waals surface area contributed by atoms with Crippen LogP contribution >= 0.6 is 0 Å². The average Bonchev–Trinajstić information content (AvgIpc) is 3.38. The number of carboxylic acids is 1. The number of methoxy groups -OCH3 is 1. The molecule has 55 heavy (non-hydrogen) atoms. The molecule has 0 saturated carbocycles. The van der Waals surface area contributed by atoms with E-state index in [0.29, 0.717) is 28.9 Å². The van der Waals surface area contributed by atoms with E-state index >= 15 is 0 Å². The molecule has 4 N–H and O–H groups in total. The van der Waals surface area contributed by atoms with Crippen LogP contribution in [0.15, 0.2) is 103 Å². The first-order valence-corrected chi connectivity index (χ1v) is 19.0. The normalized spacial score (nSPS) is 14.5. The summed E-state index contributed by atoms with van der Waals surface area (Å²) >= 11 is 0. The van der Waals surface area contributed by atoms with Gasteiger partial charge < -0.3 is 25.8 Å². The van der Waals surface area contributed by atoms with E-state index in [0.717, 1.165) is 19.7 Å². The summed E-state index contributed by atoms with van der Waals surface area (Å²) in [7, 11) is -2.67. The molecule has 15 heteroatoms. The van der Waals surface area contributed by atoms with E-state index in [-0.39, 0.29) is 44.6 Å². The standard InChI is InChI=1S/C40H43N5O9S/c1-27(46)42-36(22-29-6-4-3-5-7-29)40(51)43-35(39(50)41-21-20-28-8-10-31(11-9-28)24-38(48)49)23-30-12-16-33(17-13-30)44-26-37(47)45(55(44,52)53)25-32-14-18-34(54-2)19-15-32/h3-19,35-36H,20-26H2,1-2H3,(H,41,50)(H,42,46)(H,43,51)(H,48,49)/t35-,36-/m0/s1. The number of carboxylic acid groups (broad SMARTS) is 1. The Morgan fingerprint density at radius 1 is 0.745 bits per heavy atom. The van der Waals surface area contributed by atoms with E-state index in [2.05, 4.69) is 16.0 Å². The van der Waals surface area contributed by atoms with E-state index in [1.54, 1.807) is 60.7 Å². The van der Waals surface area contributed by atoms with Crippen LogP contribution in [0.4, 0.5) is 5.69 Å². The van der Waals surface area contributed by atoms with Crippen molar-refractivity contribution in [3.8, 4) is 5.75 Å². The highest BCUT2D eigenvalue weighted by atomic mass is 32.2. The zero-order valence-corrected chi connectivity index (χ0v) is 31.3. The smallest absolute Gasteiger partial charge is 0.329 e. The van der Waals surface area contributed by atoms with Gasteiger partial charge in [-0.1, -0.05) is 78.9 Å². The maximum absolute atomic E-state index is 13.7. The van der Waals surface area contributed by atoms with Crippen molar-refractivity contribution >= 4 is 45.5 Å². The predicted molar refractivity (Wildman–Crippen MR) is 204 cm³/mol. The highest BCUT2D eigenvalue weighted by molar-refractivity contribution is 7.91. The third-order valence-electron chi connectivity index (χ3n) is 8.96. The number of hydrogen-bond donors (Lipinski definition) is 4. The number of benzene rings is 4. The molecule has 2 atom stereocenters. The second-order valence-corrected chi connectivity index (χ2v) is 14.8. The van der Waals surface area contributed by atoms with Crippen LogP contribution < -0.4 is 25.0 Å². The Kier molecular flexibility index (Phi) is 13.2. The largest absolute Gasteiger partial charge is 0.497 e. The molecule has 0 aliphatic carbocycles. The number of rotatable bonds is 17. The molecule has 1 heterocycles. The number of carbonyl (C=O) groups excluding carboxylic acids is 4. The van der Waals surface area contributed by atoms with Crippen LogP contribution in [0.1, 0.15) is 34.7 Å². The first kappa shape index (κ1) is 40.0. The maximum atomic E-state index is 13.7. The molecule has 14 nitrogen and oxygen atoms in total. The van der Waals surface area contributed by atoms with Gasteiger partial charge in [-0.2, -0.15) is 8.42 Å². The van der Waals surface area contributed by atoms with E-state index in [1.165, 1.54) is 26.2 Å². The van der Waals surface area contributed by atoms with Gasteiger partial charge in [0.05, 0.1) is 25.8 Å². The molecule has 4 amide bonds. The zero-order valence-electron chi connectivity index (χ0n) is 30.4. The molecular formula is C40H43N5O9S. The lowest BCUT2D eigenvalue weighted by atomic mass is 10.0. The Bertz CT molecular complexity index is 2090. The Hall–Kier alpha value is -6.22. The quantitative estimate of drug-likeness (QED) is 0.125. The van der Waals surface area contributed by atoms with Gasteiger partial charge in [-0.05, 0) is 58.5 Å². The van der Waals surface area contributed by atoms with Gasteiger partial charge in [-0.25, -0.2) is 8.61 Å². The molecule has 0 aromatic heterocycles. The molecule has 1 fully saturated rings. The first-order valence-electron chi connectivity index (χ1n) is 17.6. The number of nitrogens with zero attached hydrogens (tertiary/aromatic N) is 2. The Labute approximate surface area is 319 Å². The van der Waals surface area contributed by atoms with Crippen molar-refractivity contribution in [3.63, 3.8) is 0 Å². The summed E-state index contributed by atoms with van der Waals surface area (Å²) in [6.45, 7) is 0.996. The molecule has 1 aliphatic heterocycles. The average molecular weight is 770 g/mol. The molecule has 0 radical (unpaired) electrons. The van der Waals surface area contributed by atoms with Gasteiger partial charge in [-0.15, -0.1) is 0 Å². The molecule has 1 aliphatic rings. The van der Waals surface area contributed by atoms with Crippen LogP contribution in [0.25, 0.3) is 0 Å². The Morgan fingerprint density at radius 3 is 1.91 bits per heavy atom. The van der Waals surface area contributed by atoms with Gasteiger partial charge in [0.2, 0.25) is 17.7 Å². The van der Waals surface area contributed by atoms with E-state index < -0.39 is 51.9 Å².